The number of hydrogen-bond acceptors (Lipinski definition) is 2. The molecule has 2 aromatic rings. The van der Waals surface area contributed by atoms with E-state index in [9.17, 15) is 5.11 Å². The lowest BCUT2D eigenvalue weighted by atomic mass is 10.0. The Balaban J connectivity index is 2.28. The Hall–Kier alpha value is -1.67. The fourth-order valence-electron chi connectivity index (χ4n) is 2.09. The number of anilines is 1. The number of aromatic hydroxyl groups is 1. The normalized spacial score (nSPS) is 12.2. The lowest BCUT2D eigenvalue weighted by molar-refractivity contribution is 0.465. The number of benzene rings is 2. The summed E-state index contributed by atoms with van der Waals surface area (Å²) in [4.78, 5) is 0. The predicted octanol–water partition coefficient (Wildman–Crippen LogP) is 4.84. The van der Waals surface area contributed by atoms with Crippen LogP contribution in [0.25, 0.3) is 0 Å². The van der Waals surface area contributed by atoms with Gasteiger partial charge in [0, 0.05) is 16.3 Å². The van der Waals surface area contributed by atoms with Crippen molar-refractivity contribution < 1.29 is 5.11 Å². The third-order valence-electron chi connectivity index (χ3n) is 3.43. The molecule has 0 saturated heterocycles. The first-order chi connectivity index (χ1) is 8.99. The number of phenolic OH excluding ortho intramolecular Hbond substituents is 1. The van der Waals surface area contributed by atoms with Crippen molar-refractivity contribution in [3.05, 3.63) is 58.1 Å². The summed E-state index contributed by atoms with van der Waals surface area (Å²) in [6.07, 6.45) is 0. The maximum Gasteiger partial charge on any atom is 0.120 e. The van der Waals surface area contributed by atoms with Gasteiger partial charge in [-0.25, -0.2) is 0 Å². The molecule has 0 fully saturated rings. The second-order valence-corrected chi connectivity index (χ2v) is 5.25. The molecule has 0 unspecified atom stereocenters. The summed E-state index contributed by atoms with van der Waals surface area (Å²) in [6, 6.07) is 11.2. The van der Waals surface area contributed by atoms with Crippen LogP contribution in [0.4, 0.5) is 5.69 Å². The highest BCUT2D eigenvalue weighted by atomic mass is 35.5. The second kappa shape index (κ2) is 5.54. The van der Waals surface area contributed by atoms with E-state index >= 15 is 0 Å². The first kappa shape index (κ1) is 13.8. The van der Waals surface area contributed by atoms with Gasteiger partial charge in [-0.05, 0) is 56.2 Å². The van der Waals surface area contributed by atoms with Crippen LogP contribution < -0.4 is 5.32 Å². The number of phenols is 1. The molecule has 0 bridgehead atoms. The van der Waals surface area contributed by atoms with Crippen molar-refractivity contribution in [2.24, 2.45) is 0 Å². The summed E-state index contributed by atoms with van der Waals surface area (Å²) >= 11 is 5.98. The first-order valence-electron chi connectivity index (χ1n) is 6.30. The van der Waals surface area contributed by atoms with Crippen LogP contribution in [0, 0.1) is 13.8 Å². The van der Waals surface area contributed by atoms with Crippen molar-refractivity contribution in [3.63, 3.8) is 0 Å². The summed E-state index contributed by atoms with van der Waals surface area (Å²) < 4.78 is 0. The average molecular weight is 276 g/mol. The zero-order valence-electron chi connectivity index (χ0n) is 11.4. The molecule has 19 heavy (non-hydrogen) atoms. The van der Waals surface area contributed by atoms with E-state index in [1.54, 1.807) is 18.2 Å². The Morgan fingerprint density at radius 2 is 1.89 bits per heavy atom. The molecule has 0 aliphatic heterocycles. The Labute approximate surface area is 119 Å². The highest BCUT2D eigenvalue weighted by Crippen LogP contribution is 2.30. The van der Waals surface area contributed by atoms with Crippen molar-refractivity contribution >= 4 is 17.3 Å². The fourth-order valence-corrected chi connectivity index (χ4v) is 2.27. The summed E-state index contributed by atoms with van der Waals surface area (Å²) in [6.45, 7) is 6.18. The summed E-state index contributed by atoms with van der Waals surface area (Å²) in [5.41, 5.74) is 4.34. The summed E-state index contributed by atoms with van der Waals surface area (Å²) in [5.74, 6) is 0.259. The van der Waals surface area contributed by atoms with Gasteiger partial charge in [-0.3, -0.25) is 0 Å². The smallest absolute Gasteiger partial charge is 0.120 e. The molecule has 2 N–H and O–H groups in total. The molecule has 0 aliphatic rings. The topological polar surface area (TPSA) is 32.3 Å². The Morgan fingerprint density at radius 3 is 2.63 bits per heavy atom. The first-order valence-corrected chi connectivity index (χ1v) is 6.68. The van der Waals surface area contributed by atoms with Crippen molar-refractivity contribution in [3.8, 4) is 5.75 Å². The van der Waals surface area contributed by atoms with Crippen LogP contribution in [0.5, 0.6) is 5.75 Å². The third-order valence-corrected chi connectivity index (χ3v) is 3.67. The summed E-state index contributed by atoms with van der Waals surface area (Å²) in [5, 5.41) is 14.0. The minimum Gasteiger partial charge on any atom is -0.508 e. The second-order valence-electron chi connectivity index (χ2n) is 4.82. The van der Waals surface area contributed by atoms with E-state index < -0.39 is 0 Å². The maximum atomic E-state index is 9.91. The SMILES string of the molecule is Cc1cccc(N[C@H](C)c2cc(Cl)ccc2O)c1C. The van der Waals surface area contributed by atoms with Gasteiger partial charge < -0.3 is 10.4 Å². The Morgan fingerprint density at radius 1 is 1.16 bits per heavy atom. The third kappa shape index (κ3) is 3.02. The largest absolute Gasteiger partial charge is 0.508 e. The fraction of sp³-hybridized carbons (Fsp3) is 0.250. The lowest BCUT2D eigenvalue weighted by Gasteiger charge is -2.19. The molecule has 0 saturated carbocycles. The van der Waals surface area contributed by atoms with Crippen LogP contribution >= 0.6 is 11.6 Å². The van der Waals surface area contributed by atoms with Crippen LogP contribution in [-0.2, 0) is 0 Å². The van der Waals surface area contributed by atoms with Gasteiger partial charge in [0.05, 0.1) is 6.04 Å². The zero-order valence-corrected chi connectivity index (χ0v) is 12.1. The average Bonchev–Trinajstić information content (AvgIpc) is 2.38. The molecular formula is C16H18ClNO. The molecule has 3 heteroatoms. The molecule has 2 nitrogen and oxygen atoms in total. The Kier molecular flexibility index (Phi) is 4.01. The van der Waals surface area contributed by atoms with E-state index in [2.05, 4.69) is 25.2 Å². The molecule has 0 heterocycles. The molecule has 0 spiro atoms. The molecule has 0 radical (unpaired) electrons. The van der Waals surface area contributed by atoms with Gasteiger partial charge in [0.2, 0.25) is 0 Å². The van der Waals surface area contributed by atoms with Crippen LogP contribution in [0.2, 0.25) is 5.02 Å². The van der Waals surface area contributed by atoms with Gasteiger partial charge in [-0.15, -0.1) is 0 Å². The molecule has 0 aromatic heterocycles. The van der Waals surface area contributed by atoms with Gasteiger partial charge in [0.1, 0.15) is 5.75 Å². The van der Waals surface area contributed by atoms with Crippen LogP contribution in [0.1, 0.15) is 29.7 Å². The molecular weight excluding hydrogens is 258 g/mol. The van der Waals surface area contributed by atoms with Crippen LogP contribution in [-0.4, -0.2) is 5.11 Å². The van der Waals surface area contributed by atoms with Gasteiger partial charge in [0.25, 0.3) is 0 Å². The number of rotatable bonds is 3. The molecule has 1 atom stereocenters. The van der Waals surface area contributed by atoms with Crippen molar-refractivity contribution in [1.82, 2.24) is 0 Å². The van der Waals surface area contributed by atoms with Gasteiger partial charge in [-0.2, -0.15) is 0 Å². The van der Waals surface area contributed by atoms with E-state index in [4.69, 9.17) is 11.6 Å². The predicted molar refractivity (Wildman–Crippen MR) is 81.1 cm³/mol. The van der Waals surface area contributed by atoms with Crippen LogP contribution in [0.15, 0.2) is 36.4 Å². The molecule has 0 aliphatic carbocycles. The highest BCUT2D eigenvalue weighted by molar-refractivity contribution is 6.30. The molecule has 0 amide bonds. The summed E-state index contributed by atoms with van der Waals surface area (Å²) in [7, 11) is 0. The van der Waals surface area contributed by atoms with Crippen molar-refractivity contribution in [2.75, 3.05) is 5.32 Å². The van der Waals surface area contributed by atoms with Crippen molar-refractivity contribution in [1.29, 1.82) is 0 Å². The van der Waals surface area contributed by atoms with E-state index in [0.717, 1.165) is 11.3 Å². The van der Waals surface area contributed by atoms with Gasteiger partial charge >= 0.3 is 0 Å². The molecule has 2 aromatic carbocycles. The highest BCUT2D eigenvalue weighted by Gasteiger charge is 2.12. The maximum absolute atomic E-state index is 9.91. The van der Waals surface area contributed by atoms with Gasteiger partial charge in [-0.1, -0.05) is 23.7 Å². The minimum absolute atomic E-state index is 0.0146. The zero-order chi connectivity index (χ0) is 14.0. The molecule has 100 valence electrons. The van der Waals surface area contributed by atoms with Crippen LogP contribution in [0.3, 0.4) is 0 Å². The molecule has 2 rings (SSSR count). The number of aryl methyl sites for hydroxylation is 1. The standard InChI is InChI=1S/C16H18ClNO/c1-10-5-4-6-15(11(10)2)18-12(3)14-9-13(17)7-8-16(14)19/h4-9,12,18-19H,1-3H3/t12-/m1/s1. The minimum atomic E-state index is -0.0146. The number of halogens is 1. The lowest BCUT2D eigenvalue weighted by Crippen LogP contribution is -2.08. The Bertz CT molecular complexity index is 595. The number of nitrogens with one attached hydrogen (secondary N) is 1. The monoisotopic (exact) mass is 275 g/mol. The van der Waals surface area contributed by atoms with E-state index in [1.807, 2.05) is 19.1 Å². The van der Waals surface area contributed by atoms with E-state index in [0.29, 0.717) is 5.02 Å². The van der Waals surface area contributed by atoms with Crippen molar-refractivity contribution in [2.45, 2.75) is 26.8 Å². The quantitative estimate of drug-likeness (QED) is 0.840. The van der Waals surface area contributed by atoms with E-state index in [1.165, 1.54) is 11.1 Å². The van der Waals surface area contributed by atoms with E-state index in [-0.39, 0.29) is 11.8 Å². The number of hydrogen-bond donors (Lipinski definition) is 2. The van der Waals surface area contributed by atoms with Gasteiger partial charge in [0.15, 0.2) is 0 Å².